The van der Waals surface area contributed by atoms with Gasteiger partial charge in [0.2, 0.25) is 0 Å². The maximum absolute atomic E-state index is 12.1. The fourth-order valence-corrected chi connectivity index (χ4v) is 6.55. The van der Waals surface area contributed by atoms with Crippen molar-refractivity contribution in [1.29, 1.82) is 0 Å². The maximum atomic E-state index is 12.1. The molecule has 206 valence electrons. The van der Waals surface area contributed by atoms with Gasteiger partial charge in [-0.25, -0.2) is 9.78 Å². The molecular formula is C27H34N6O3S2Si. The highest BCUT2D eigenvalue weighted by molar-refractivity contribution is 7.16. The van der Waals surface area contributed by atoms with E-state index in [-0.39, 0.29) is 0 Å². The smallest absolute Gasteiger partial charge is 0.357 e. The van der Waals surface area contributed by atoms with E-state index in [1.165, 1.54) is 11.3 Å². The van der Waals surface area contributed by atoms with Gasteiger partial charge in [-0.05, 0) is 49.9 Å². The number of para-hydroxylation sites is 1. The van der Waals surface area contributed by atoms with Gasteiger partial charge < -0.3 is 14.4 Å². The number of carbonyl (C=O) groups is 1. The van der Waals surface area contributed by atoms with Crippen LogP contribution in [0.3, 0.4) is 0 Å². The minimum Gasteiger partial charge on any atom is -0.461 e. The predicted molar refractivity (Wildman–Crippen MR) is 159 cm³/mol. The Labute approximate surface area is 237 Å². The second-order valence-electron chi connectivity index (χ2n) is 10.8. The molecule has 0 unspecified atom stereocenters. The Morgan fingerprint density at radius 3 is 2.77 bits per heavy atom. The van der Waals surface area contributed by atoms with Crippen LogP contribution in [0.5, 0.6) is 0 Å². The van der Waals surface area contributed by atoms with E-state index in [0.717, 1.165) is 46.1 Å². The largest absolute Gasteiger partial charge is 0.461 e. The van der Waals surface area contributed by atoms with Crippen LogP contribution in [0.4, 0.5) is 16.8 Å². The molecule has 0 N–H and O–H groups in total. The molecule has 0 amide bonds. The molecule has 3 aromatic heterocycles. The van der Waals surface area contributed by atoms with E-state index in [9.17, 15) is 4.79 Å². The van der Waals surface area contributed by atoms with Gasteiger partial charge in [0.1, 0.15) is 6.73 Å². The predicted octanol–water partition coefficient (Wildman–Crippen LogP) is 6.32. The van der Waals surface area contributed by atoms with Gasteiger partial charge in [0.15, 0.2) is 27.3 Å². The van der Waals surface area contributed by atoms with Crippen molar-refractivity contribution in [2.75, 3.05) is 25.2 Å². The Bertz CT molecular complexity index is 1540. The van der Waals surface area contributed by atoms with Gasteiger partial charge in [-0.1, -0.05) is 43.1 Å². The van der Waals surface area contributed by atoms with Gasteiger partial charge in [0.25, 0.3) is 0 Å². The Balaban J connectivity index is 1.45. The quantitative estimate of drug-likeness (QED) is 0.116. The number of aromatic nitrogens is 4. The minimum absolute atomic E-state index is 0.298. The summed E-state index contributed by atoms with van der Waals surface area (Å²) in [5.41, 5.74) is 2.48. The van der Waals surface area contributed by atoms with E-state index in [4.69, 9.17) is 14.5 Å². The summed E-state index contributed by atoms with van der Waals surface area (Å²) < 4.78 is 14.5. The van der Waals surface area contributed by atoms with Crippen LogP contribution >= 0.6 is 22.7 Å². The monoisotopic (exact) mass is 582 g/mol. The van der Waals surface area contributed by atoms with E-state index in [1.54, 1.807) is 23.6 Å². The van der Waals surface area contributed by atoms with Crippen LogP contribution < -0.4 is 9.70 Å². The molecule has 0 bridgehead atoms. The molecule has 1 aliphatic carbocycles. The molecule has 4 aromatic rings. The number of ether oxygens (including phenoxy) is 2. The summed E-state index contributed by atoms with van der Waals surface area (Å²) in [5, 5.41) is 11.4. The number of nitrogens with zero attached hydrogens (tertiary/aromatic N) is 6. The number of fused-ring (bicyclic) bond motifs is 1. The fraction of sp³-hybridized carbons (Fsp3) is 0.444. The Hall–Kier alpha value is -2.93. The lowest BCUT2D eigenvalue weighted by atomic mass is 10.2. The minimum atomic E-state index is -1.17. The lowest BCUT2D eigenvalue weighted by Crippen LogP contribution is -2.23. The molecular weight excluding hydrogens is 549 g/mol. The third-order valence-electron chi connectivity index (χ3n) is 6.42. The van der Waals surface area contributed by atoms with E-state index >= 15 is 0 Å². The van der Waals surface area contributed by atoms with Crippen molar-refractivity contribution >= 4 is 63.7 Å². The van der Waals surface area contributed by atoms with E-state index in [0.29, 0.717) is 41.7 Å². The van der Waals surface area contributed by atoms with Crippen molar-refractivity contribution in [2.24, 2.45) is 4.99 Å². The Kier molecular flexibility index (Phi) is 8.26. The highest BCUT2D eigenvalue weighted by atomic mass is 32.1. The number of hydrogen-bond donors (Lipinski definition) is 0. The zero-order valence-electron chi connectivity index (χ0n) is 23.0. The normalized spacial score (nSPS) is 14.2. The number of benzene rings is 1. The van der Waals surface area contributed by atoms with Crippen LogP contribution in [0, 0.1) is 0 Å². The van der Waals surface area contributed by atoms with Gasteiger partial charge >= 0.3 is 5.97 Å². The third kappa shape index (κ3) is 6.63. The summed E-state index contributed by atoms with van der Waals surface area (Å²) >= 11 is 3.00. The van der Waals surface area contributed by atoms with Crippen molar-refractivity contribution < 1.29 is 14.3 Å². The molecule has 9 nitrogen and oxygen atoms in total. The van der Waals surface area contributed by atoms with Crippen molar-refractivity contribution in [3.63, 3.8) is 0 Å². The van der Waals surface area contributed by atoms with Crippen LogP contribution in [0.15, 0.2) is 40.7 Å². The Morgan fingerprint density at radius 1 is 1.23 bits per heavy atom. The molecule has 1 fully saturated rings. The van der Waals surface area contributed by atoms with Crippen molar-refractivity contribution in [1.82, 2.24) is 19.7 Å². The summed E-state index contributed by atoms with van der Waals surface area (Å²) in [6.07, 6.45) is 2.21. The van der Waals surface area contributed by atoms with E-state index in [2.05, 4.69) is 57.6 Å². The number of esters is 1. The molecule has 3 heterocycles. The van der Waals surface area contributed by atoms with E-state index in [1.807, 2.05) is 24.1 Å². The number of anilines is 2. The van der Waals surface area contributed by atoms with Crippen LogP contribution in [-0.2, 0) is 16.2 Å². The number of carbonyl (C=O) groups excluding carboxylic acids is 1. The molecule has 1 aliphatic rings. The maximum Gasteiger partial charge on any atom is 0.357 e. The van der Waals surface area contributed by atoms with Gasteiger partial charge in [-0.2, -0.15) is 4.99 Å². The summed E-state index contributed by atoms with van der Waals surface area (Å²) in [5.74, 6) is 1.30. The lowest BCUT2D eigenvalue weighted by molar-refractivity contribution is 0.0520. The summed E-state index contributed by atoms with van der Waals surface area (Å²) in [6, 6.07) is 11.5. The van der Waals surface area contributed by atoms with E-state index < -0.39 is 14.0 Å². The average molecular weight is 583 g/mol. The van der Waals surface area contributed by atoms with Crippen LogP contribution in [0.25, 0.3) is 10.2 Å². The number of rotatable bonds is 11. The Morgan fingerprint density at radius 2 is 2.03 bits per heavy atom. The SMILES string of the molecule is CCOC(=O)c1csc(N(C)c2cc(C3CC3)c(N=c3sc4ccccc4n3COCC[Si](C)(C)C)nn2)n1. The second kappa shape index (κ2) is 11.7. The number of thiazole rings is 2. The molecule has 1 aromatic carbocycles. The molecule has 0 radical (unpaired) electrons. The lowest BCUT2D eigenvalue weighted by Gasteiger charge is -2.16. The first-order chi connectivity index (χ1) is 18.7. The standard InChI is InChI=1S/C27H34N6O3S2Si/c1-6-36-25(34)20-16-37-26(28-20)32(2)23-15-19(18-11-12-18)24(31-30-23)29-27-33(17-35-13-14-39(3,4)5)21-9-7-8-10-22(21)38-27/h7-10,15-16,18H,6,11-14,17H2,1-5H3. The highest BCUT2D eigenvalue weighted by Gasteiger charge is 2.29. The highest BCUT2D eigenvalue weighted by Crippen LogP contribution is 2.44. The van der Waals surface area contributed by atoms with Crippen LogP contribution in [0.1, 0.15) is 41.7 Å². The molecule has 0 saturated heterocycles. The van der Waals surface area contributed by atoms with Gasteiger partial charge in [0, 0.05) is 32.7 Å². The molecule has 5 rings (SSSR count). The van der Waals surface area contributed by atoms with Crippen molar-refractivity contribution in [2.45, 2.75) is 58.1 Å². The molecule has 39 heavy (non-hydrogen) atoms. The molecule has 0 aliphatic heterocycles. The molecule has 0 atom stereocenters. The zero-order valence-corrected chi connectivity index (χ0v) is 25.6. The summed E-state index contributed by atoms with van der Waals surface area (Å²) in [7, 11) is 0.706. The van der Waals surface area contributed by atoms with Gasteiger partial charge in [-0.3, -0.25) is 4.57 Å². The summed E-state index contributed by atoms with van der Waals surface area (Å²) in [6.45, 7) is 10.4. The second-order valence-corrected chi connectivity index (χ2v) is 18.3. The fourth-order valence-electron chi connectivity index (χ4n) is 4.01. The first kappa shape index (κ1) is 27.6. The average Bonchev–Trinajstić information content (AvgIpc) is 3.52. The van der Waals surface area contributed by atoms with Gasteiger partial charge in [-0.15, -0.1) is 21.5 Å². The van der Waals surface area contributed by atoms with Crippen LogP contribution in [-0.4, -0.2) is 54.1 Å². The van der Waals surface area contributed by atoms with Crippen molar-refractivity contribution in [3.8, 4) is 0 Å². The molecule has 0 spiro atoms. The topological polar surface area (TPSA) is 94.7 Å². The van der Waals surface area contributed by atoms with Crippen LogP contribution in [0.2, 0.25) is 25.7 Å². The molecule has 1 saturated carbocycles. The van der Waals surface area contributed by atoms with Crippen molar-refractivity contribution in [3.05, 3.63) is 51.8 Å². The molecule has 12 heteroatoms. The first-order valence-electron chi connectivity index (χ1n) is 13.2. The zero-order chi connectivity index (χ0) is 27.6. The van der Waals surface area contributed by atoms with Gasteiger partial charge in [0.05, 0.1) is 16.8 Å². The summed E-state index contributed by atoms with van der Waals surface area (Å²) in [4.78, 5) is 24.2. The third-order valence-corrected chi connectivity index (χ3v) is 10.1. The number of hydrogen-bond acceptors (Lipinski definition) is 10. The first-order valence-corrected chi connectivity index (χ1v) is 18.6.